The van der Waals surface area contributed by atoms with E-state index in [-0.39, 0.29) is 31.0 Å². The number of hydrogen-bond acceptors (Lipinski definition) is 2. The van der Waals surface area contributed by atoms with E-state index in [1.807, 2.05) is 0 Å². The molecule has 11 heavy (non-hydrogen) atoms. The van der Waals surface area contributed by atoms with Gasteiger partial charge < -0.3 is 6.53 Å². The van der Waals surface area contributed by atoms with E-state index in [1.165, 1.54) is 0 Å². The molecule has 3 nitrogen and oxygen atoms in total. The Balaban J connectivity index is -0.000000405. The summed E-state index contributed by atoms with van der Waals surface area (Å²) in [7, 11) is 1.75. The topological polar surface area (TPSA) is 40.5 Å². The number of aliphatic carboxylic acids is 1. The van der Waals surface area contributed by atoms with Crippen molar-refractivity contribution in [3.63, 3.8) is 0 Å². The molecule has 0 aromatic heterocycles. The summed E-state index contributed by atoms with van der Waals surface area (Å²) in [5, 5.41) is 8.50. The van der Waals surface area contributed by atoms with Gasteiger partial charge in [0.15, 0.2) is 0 Å². The second-order valence-corrected chi connectivity index (χ2v) is 2.24. The van der Waals surface area contributed by atoms with Crippen molar-refractivity contribution >= 4 is 5.97 Å². The fourth-order valence-electron chi connectivity index (χ4n) is 0.550. The van der Waals surface area contributed by atoms with Crippen molar-refractivity contribution in [1.82, 2.24) is 4.90 Å². The quantitative estimate of drug-likeness (QED) is 0.378. The predicted octanol–water partition coefficient (Wildman–Crippen LogP) is -2.31. The molecule has 0 amide bonds. The van der Waals surface area contributed by atoms with Gasteiger partial charge in [-0.1, -0.05) is 6.08 Å². The first-order valence-corrected chi connectivity index (χ1v) is 3.13. The molecule has 0 saturated carbocycles. The van der Waals surface area contributed by atoms with Crippen LogP contribution >= 0.6 is 0 Å². The van der Waals surface area contributed by atoms with E-state index >= 15 is 0 Å². The smallest absolute Gasteiger partial charge is 1.00 e. The van der Waals surface area contributed by atoms with Crippen LogP contribution in [0.15, 0.2) is 12.7 Å². The fraction of sp³-hybridized carbons (Fsp3) is 0.571. The number of nitrogens with zero attached hydrogens (tertiary/aromatic N) is 1. The fourth-order valence-corrected chi connectivity index (χ4v) is 0.550. The van der Waals surface area contributed by atoms with Gasteiger partial charge in [0.1, 0.15) is 6.04 Å². The second kappa shape index (κ2) is 6.85. The molecule has 0 spiro atoms. The van der Waals surface area contributed by atoms with E-state index in [0.717, 1.165) is 0 Å². The normalized spacial score (nSPS) is 11.9. The van der Waals surface area contributed by atoms with E-state index < -0.39 is 12.0 Å². The average molecular weight is 167 g/mol. The van der Waals surface area contributed by atoms with Gasteiger partial charge in [-0.25, -0.2) is 0 Å². The second-order valence-electron chi connectivity index (χ2n) is 2.24. The zero-order valence-electron chi connectivity index (χ0n) is 8.37. The average Bonchev–Trinajstić information content (AvgIpc) is 1.87. The maximum absolute atomic E-state index is 10.3. The van der Waals surface area contributed by atoms with Crippen molar-refractivity contribution in [3.8, 4) is 0 Å². The van der Waals surface area contributed by atoms with Crippen LogP contribution in [0, 0.1) is 0 Å². The Bertz CT molecular complexity index is 143. The standard InChI is InChI=1S/C7H13NO2.Na.H/c1-4-5-8(3)6(2)7(9)10;;/h4,6H,1,5H2,2-3H3,(H,9,10);;/q;+1;-1. The van der Waals surface area contributed by atoms with Crippen LogP contribution in [-0.4, -0.2) is 35.6 Å². The maximum atomic E-state index is 10.3. The molecule has 0 aromatic carbocycles. The minimum atomic E-state index is -0.802. The molecule has 0 rings (SSSR count). The number of carboxylic acid groups (broad SMARTS) is 1. The first kappa shape index (κ1) is 13.7. The molecule has 0 heterocycles. The van der Waals surface area contributed by atoms with Gasteiger partial charge in [0.25, 0.3) is 0 Å². The van der Waals surface area contributed by atoms with Gasteiger partial charge in [0.2, 0.25) is 0 Å². The van der Waals surface area contributed by atoms with Crippen LogP contribution in [0.4, 0.5) is 0 Å². The number of carbonyl (C=O) groups is 1. The minimum Gasteiger partial charge on any atom is -1.00 e. The number of likely N-dealkylation sites (N-methyl/N-ethyl adjacent to an activating group) is 1. The molecule has 0 radical (unpaired) electrons. The van der Waals surface area contributed by atoms with Crippen LogP contribution in [0.1, 0.15) is 8.35 Å². The molecule has 0 aliphatic heterocycles. The molecular weight excluding hydrogens is 153 g/mol. The first-order valence-electron chi connectivity index (χ1n) is 3.13. The summed E-state index contributed by atoms with van der Waals surface area (Å²) < 4.78 is 0. The molecule has 1 atom stereocenters. The maximum Gasteiger partial charge on any atom is 1.00 e. The molecule has 60 valence electrons. The van der Waals surface area contributed by atoms with Gasteiger partial charge >= 0.3 is 35.5 Å². The zero-order chi connectivity index (χ0) is 8.15. The Kier molecular flexibility index (Phi) is 8.56. The Morgan fingerprint density at radius 3 is 2.64 bits per heavy atom. The number of hydrogen-bond donors (Lipinski definition) is 1. The van der Waals surface area contributed by atoms with E-state index in [4.69, 9.17) is 5.11 Å². The summed E-state index contributed by atoms with van der Waals surface area (Å²) in [4.78, 5) is 12.0. The van der Waals surface area contributed by atoms with Crippen LogP contribution in [0.25, 0.3) is 0 Å². The largest absolute Gasteiger partial charge is 1.00 e. The van der Waals surface area contributed by atoms with Gasteiger partial charge in [-0.05, 0) is 14.0 Å². The molecule has 0 aromatic rings. The van der Waals surface area contributed by atoms with Crippen LogP contribution in [0.2, 0.25) is 0 Å². The summed E-state index contributed by atoms with van der Waals surface area (Å²) >= 11 is 0. The summed E-state index contributed by atoms with van der Waals surface area (Å²) in [5.41, 5.74) is 0. The van der Waals surface area contributed by atoms with Crippen molar-refractivity contribution in [2.75, 3.05) is 13.6 Å². The van der Waals surface area contributed by atoms with Crippen molar-refractivity contribution in [1.29, 1.82) is 0 Å². The molecule has 0 aliphatic carbocycles. The SMILES string of the molecule is C=CCN(C)C(C)C(=O)O.[H-].[Na+]. The Morgan fingerprint density at radius 1 is 1.91 bits per heavy atom. The minimum absolute atomic E-state index is 0. The summed E-state index contributed by atoms with van der Waals surface area (Å²) in [6, 6.07) is -0.432. The van der Waals surface area contributed by atoms with E-state index in [2.05, 4.69) is 6.58 Å². The summed E-state index contributed by atoms with van der Waals surface area (Å²) in [5.74, 6) is -0.802. The molecule has 1 unspecified atom stereocenters. The van der Waals surface area contributed by atoms with Gasteiger partial charge in [-0.15, -0.1) is 6.58 Å². The van der Waals surface area contributed by atoms with Gasteiger partial charge in [-0.2, -0.15) is 0 Å². The van der Waals surface area contributed by atoms with Crippen molar-refractivity contribution in [2.24, 2.45) is 0 Å². The Labute approximate surface area is 90.9 Å². The Hall–Kier alpha value is 0.170. The van der Waals surface area contributed by atoms with E-state index in [9.17, 15) is 4.79 Å². The summed E-state index contributed by atoms with van der Waals surface area (Å²) in [6.45, 7) is 5.76. The molecule has 0 bridgehead atoms. The van der Waals surface area contributed by atoms with Gasteiger partial charge in [0, 0.05) is 6.54 Å². The molecule has 0 saturated heterocycles. The van der Waals surface area contributed by atoms with Crippen molar-refractivity contribution in [2.45, 2.75) is 13.0 Å². The van der Waals surface area contributed by atoms with E-state index in [0.29, 0.717) is 6.54 Å². The van der Waals surface area contributed by atoms with Crippen molar-refractivity contribution < 1.29 is 40.9 Å². The molecule has 4 heteroatoms. The van der Waals surface area contributed by atoms with Crippen molar-refractivity contribution in [3.05, 3.63) is 12.7 Å². The third kappa shape index (κ3) is 5.44. The van der Waals surface area contributed by atoms with Gasteiger partial charge in [0.05, 0.1) is 0 Å². The van der Waals surface area contributed by atoms with Crippen LogP contribution < -0.4 is 29.6 Å². The first-order chi connectivity index (χ1) is 4.59. The predicted molar refractivity (Wildman–Crippen MR) is 41.0 cm³/mol. The number of carboxylic acids is 1. The third-order valence-corrected chi connectivity index (χ3v) is 1.44. The molecule has 1 N–H and O–H groups in total. The van der Waals surface area contributed by atoms with Crippen LogP contribution in [0.3, 0.4) is 0 Å². The van der Waals surface area contributed by atoms with Crippen LogP contribution in [0.5, 0.6) is 0 Å². The Morgan fingerprint density at radius 2 is 2.36 bits per heavy atom. The van der Waals surface area contributed by atoms with E-state index in [1.54, 1.807) is 24.9 Å². The molecule has 0 fully saturated rings. The van der Waals surface area contributed by atoms with Crippen LogP contribution in [-0.2, 0) is 4.79 Å². The van der Waals surface area contributed by atoms with Gasteiger partial charge in [-0.3, -0.25) is 9.69 Å². The third-order valence-electron chi connectivity index (χ3n) is 1.44. The molecular formula is C7H14NNaO2. The summed E-state index contributed by atoms with van der Waals surface area (Å²) in [6.07, 6.45) is 1.68. The molecule has 0 aliphatic rings. The number of rotatable bonds is 4. The zero-order valence-corrected chi connectivity index (χ0v) is 9.37. The monoisotopic (exact) mass is 167 g/mol.